The van der Waals surface area contributed by atoms with Crippen LogP contribution in [0.15, 0.2) is 12.2 Å². The van der Waals surface area contributed by atoms with E-state index in [-0.39, 0.29) is 19.3 Å². The van der Waals surface area contributed by atoms with Gasteiger partial charge in [-0.3, -0.25) is 9.59 Å². The predicted molar refractivity (Wildman–Crippen MR) is 170 cm³/mol. The number of unbranched alkanes of at least 4 members (excludes halogenated alkanes) is 17. The van der Waals surface area contributed by atoms with Crippen LogP contribution in [0, 0.1) is 0 Å². The molecule has 0 fully saturated rings. The van der Waals surface area contributed by atoms with Gasteiger partial charge in [0.15, 0.2) is 0 Å². The van der Waals surface area contributed by atoms with E-state index in [4.69, 9.17) is 10.2 Å². The number of rotatable bonds is 33. The van der Waals surface area contributed by atoms with Gasteiger partial charge in [-0.2, -0.15) is 0 Å². The van der Waals surface area contributed by atoms with Gasteiger partial charge in [0.1, 0.15) is 0 Å². The summed E-state index contributed by atoms with van der Waals surface area (Å²) in [7, 11) is 0. The van der Waals surface area contributed by atoms with E-state index in [1.165, 1.54) is 83.5 Å². The first-order valence-electron chi connectivity index (χ1n) is 17.4. The highest BCUT2D eigenvalue weighted by atomic mass is 16.4. The lowest BCUT2D eigenvalue weighted by Crippen LogP contribution is -2.51. The van der Waals surface area contributed by atoms with Crippen LogP contribution in [0.25, 0.3) is 0 Å². The third-order valence-corrected chi connectivity index (χ3v) is 8.45. The molecule has 42 heavy (non-hydrogen) atoms. The van der Waals surface area contributed by atoms with Crippen LogP contribution < -0.4 is 5.11 Å². The smallest absolute Gasteiger partial charge is 0.303 e. The van der Waals surface area contributed by atoms with Crippen LogP contribution in [-0.2, 0) is 14.4 Å². The molecule has 7 nitrogen and oxygen atoms in total. The van der Waals surface area contributed by atoms with Crippen LogP contribution in [-0.4, -0.2) is 58.8 Å². The average molecular weight is 596 g/mol. The van der Waals surface area contributed by atoms with E-state index in [0.29, 0.717) is 19.3 Å². The van der Waals surface area contributed by atoms with E-state index >= 15 is 0 Å². The third-order valence-electron chi connectivity index (χ3n) is 8.45. The van der Waals surface area contributed by atoms with E-state index < -0.39 is 17.9 Å². The van der Waals surface area contributed by atoms with Crippen molar-refractivity contribution in [2.75, 3.05) is 26.2 Å². The molecule has 0 amide bonds. The van der Waals surface area contributed by atoms with Crippen LogP contribution in [0.4, 0.5) is 0 Å². The van der Waals surface area contributed by atoms with Gasteiger partial charge in [0.05, 0.1) is 26.2 Å². The molecule has 0 spiro atoms. The first-order valence-corrected chi connectivity index (χ1v) is 17.4. The van der Waals surface area contributed by atoms with E-state index in [1.54, 1.807) is 0 Å². The van der Waals surface area contributed by atoms with Gasteiger partial charge >= 0.3 is 11.9 Å². The molecule has 0 aromatic heterocycles. The number of allylic oxidation sites excluding steroid dienone is 2. The monoisotopic (exact) mass is 595 g/mol. The van der Waals surface area contributed by atoms with Gasteiger partial charge in [0, 0.05) is 18.8 Å². The summed E-state index contributed by atoms with van der Waals surface area (Å²) in [5.74, 6) is -2.57. The largest absolute Gasteiger partial charge is 0.550 e. The second kappa shape index (κ2) is 29.2. The van der Waals surface area contributed by atoms with Crippen molar-refractivity contribution in [1.82, 2.24) is 0 Å². The Morgan fingerprint density at radius 3 is 1.21 bits per heavy atom. The topological polar surface area (TPSA) is 115 Å². The minimum Gasteiger partial charge on any atom is -0.550 e. The number of quaternary nitrogens is 1. The van der Waals surface area contributed by atoms with Gasteiger partial charge in [-0.1, -0.05) is 83.3 Å². The lowest BCUT2D eigenvalue weighted by molar-refractivity contribution is -0.929. The molecule has 0 rings (SSSR count). The summed E-state index contributed by atoms with van der Waals surface area (Å²) >= 11 is 0. The molecular formula is C35H65NO6. The number of carboxylic acid groups (broad SMARTS) is 3. The maximum Gasteiger partial charge on any atom is 0.303 e. The second-order valence-electron chi connectivity index (χ2n) is 12.4. The zero-order chi connectivity index (χ0) is 31.2. The van der Waals surface area contributed by atoms with E-state index in [9.17, 15) is 19.5 Å². The Kier molecular flexibility index (Phi) is 27.9. The Bertz CT molecular complexity index is 638. The zero-order valence-corrected chi connectivity index (χ0v) is 27.1. The summed E-state index contributed by atoms with van der Waals surface area (Å²) in [6.45, 7) is 5.85. The molecule has 0 unspecified atom stereocenters. The normalized spacial score (nSPS) is 11.8. The maximum atomic E-state index is 11.0. The lowest BCUT2D eigenvalue weighted by atomic mass is 10.1. The first kappa shape index (κ1) is 40.1. The summed E-state index contributed by atoms with van der Waals surface area (Å²) in [6.07, 6.45) is 30.0. The number of carbonyl (C=O) groups excluding carboxylic acids is 1. The Labute approximate surface area is 257 Å². The van der Waals surface area contributed by atoms with Crippen LogP contribution in [0.2, 0.25) is 0 Å². The molecule has 0 radical (unpaired) electrons. The van der Waals surface area contributed by atoms with Gasteiger partial charge in [-0.25, -0.2) is 0 Å². The Hall–Kier alpha value is -1.89. The quantitative estimate of drug-likeness (QED) is 0.0451. The number of carbonyl (C=O) groups is 3. The Morgan fingerprint density at radius 2 is 0.833 bits per heavy atom. The minimum atomic E-state index is -1.02. The molecule has 0 aromatic rings. The van der Waals surface area contributed by atoms with Crippen molar-refractivity contribution < 1.29 is 34.2 Å². The fraction of sp³-hybridized carbons (Fsp3) is 0.857. The van der Waals surface area contributed by atoms with Gasteiger partial charge in [-0.15, -0.1) is 0 Å². The fourth-order valence-corrected chi connectivity index (χ4v) is 5.88. The van der Waals surface area contributed by atoms with Crippen molar-refractivity contribution in [1.29, 1.82) is 0 Å². The average Bonchev–Trinajstić information content (AvgIpc) is 2.94. The molecule has 0 aliphatic heterocycles. The molecule has 0 aliphatic rings. The van der Waals surface area contributed by atoms with Crippen molar-refractivity contribution in [3.05, 3.63) is 12.2 Å². The molecule has 0 aliphatic carbocycles. The molecule has 0 bridgehead atoms. The van der Waals surface area contributed by atoms with Gasteiger partial charge in [0.25, 0.3) is 0 Å². The maximum absolute atomic E-state index is 11.0. The molecule has 0 saturated heterocycles. The SMILES string of the molecule is CCCCCCCCCCCC/C=C/CCCCCC[N+](CCCCC(=O)[O-])(CCCCC(=O)O)CCCCC(=O)O. The summed E-state index contributed by atoms with van der Waals surface area (Å²) in [4.78, 5) is 32.9. The number of carboxylic acids is 3. The van der Waals surface area contributed by atoms with E-state index in [2.05, 4.69) is 19.1 Å². The number of aliphatic carboxylic acids is 3. The van der Waals surface area contributed by atoms with E-state index in [0.717, 1.165) is 69.2 Å². The predicted octanol–water partition coefficient (Wildman–Crippen LogP) is 8.05. The van der Waals surface area contributed by atoms with Crippen molar-refractivity contribution >= 4 is 17.9 Å². The number of hydrogen-bond donors (Lipinski definition) is 2. The number of nitrogens with zero attached hydrogens (tertiary/aromatic N) is 1. The van der Waals surface area contributed by atoms with Crippen LogP contribution >= 0.6 is 0 Å². The highest BCUT2D eigenvalue weighted by Crippen LogP contribution is 2.19. The molecule has 7 heteroatoms. The van der Waals surface area contributed by atoms with Crippen LogP contribution in [0.1, 0.15) is 167 Å². The fourth-order valence-electron chi connectivity index (χ4n) is 5.88. The molecule has 0 aromatic carbocycles. The first-order chi connectivity index (χ1) is 20.3. The van der Waals surface area contributed by atoms with Crippen LogP contribution in [0.3, 0.4) is 0 Å². The summed E-state index contributed by atoms with van der Waals surface area (Å²) in [5.41, 5.74) is 0. The lowest BCUT2D eigenvalue weighted by Gasteiger charge is -2.39. The van der Waals surface area contributed by atoms with Crippen molar-refractivity contribution in [2.24, 2.45) is 0 Å². The van der Waals surface area contributed by atoms with E-state index in [1.807, 2.05) is 0 Å². The Morgan fingerprint density at radius 1 is 0.500 bits per heavy atom. The molecule has 2 N–H and O–H groups in total. The summed E-state index contributed by atoms with van der Waals surface area (Å²) < 4.78 is 0.838. The van der Waals surface area contributed by atoms with Crippen molar-refractivity contribution in [3.8, 4) is 0 Å². The van der Waals surface area contributed by atoms with Crippen LogP contribution in [0.5, 0.6) is 0 Å². The Balaban J connectivity index is 4.38. The van der Waals surface area contributed by atoms with Crippen molar-refractivity contribution in [2.45, 2.75) is 167 Å². The van der Waals surface area contributed by atoms with Gasteiger partial charge in [-0.05, 0) is 83.5 Å². The molecule has 246 valence electrons. The second-order valence-corrected chi connectivity index (χ2v) is 12.4. The summed E-state index contributed by atoms with van der Waals surface area (Å²) in [5, 5.41) is 29.0. The molecule has 0 saturated carbocycles. The summed E-state index contributed by atoms with van der Waals surface area (Å²) in [6, 6.07) is 0. The highest BCUT2D eigenvalue weighted by molar-refractivity contribution is 5.66. The minimum absolute atomic E-state index is 0.0603. The third kappa shape index (κ3) is 28.2. The van der Waals surface area contributed by atoms with Gasteiger partial charge < -0.3 is 24.6 Å². The number of hydrogen-bond acceptors (Lipinski definition) is 4. The van der Waals surface area contributed by atoms with Crippen molar-refractivity contribution in [3.63, 3.8) is 0 Å². The molecular weight excluding hydrogens is 530 g/mol. The zero-order valence-electron chi connectivity index (χ0n) is 27.1. The highest BCUT2D eigenvalue weighted by Gasteiger charge is 2.26. The molecule has 0 atom stereocenters. The standard InChI is InChI=1S/C35H65NO6/c1-2-3-4-5-6-7-8-9-10-11-12-13-14-15-16-17-18-22-29-36(30-23-19-26-33(37)38,31-24-20-27-34(39)40)32-25-21-28-35(41)42/h13-14H,2-12,15-32H2,1H3,(H2-,37,38,39,40,41,42)/b14-13+. The van der Waals surface area contributed by atoms with Gasteiger partial charge in [0.2, 0.25) is 0 Å². The molecule has 0 heterocycles.